The lowest BCUT2D eigenvalue weighted by Crippen LogP contribution is -2.43. The molecule has 1 aromatic carbocycles. The molecular weight excluding hydrogens is 515 g/mol. The molecule has 0 radical (unpaired) electrons. The van der Waals surface area contributed by atoms with Gasteiger partial charge in [-0.1, -0.05) is 0 Å². The first-order chi connectivity index (χ1) is 18.3. The summed E-state index contributed by atoms with van der Waals surface area (Å²) >= 11 is 1.63. The maximum Gasteiger partial charge on any atom is 0.416 e. The minimum atomic E-state index is -4.41. The zero-order valence-electron chi connectivity index (χ0n) is 20.0. The van der Waals surface area contributed by atoms with Crippen LogP contribution in [-0.2, 0) is 17.5 Å². The Bertz CT molecular complexity index is 1610. The first kappa shape index (κ1) is 24.3. The van der Waals surface area contributed by atoms with Gasteiger partial charge < -0.3 is 10.2 Å². The topological polar surface area (TPSA) is 88.8 Å². The van der Waals surface area contributed by atoms with Gasteiger partial charge in [0.05, 0.1) is 45.0 Å². The van der Waals surface area contributed by atoms with Crippen molar-refractivity contribution >= 4 is 44.3 Å². The zero-order chi connectivity index (χ0) is 26.3. The molecule has 1 fully saturated rings. The van der Waals surface area contributed by atoms with Gasteiger partial charge in [0, 0.05) is 19.3 Å². The lowest BCUT2D eigenvalue weighted by molar-refractivity contribution is -0.137. The molecule has 1 aliphatic heterocycles. The minimum absolute atomic E-state index is 0.0346. The number of halogens is 3. The SMILES string of the molecule is O=C(NCc1ccc2sccc2n1)[C@@H]1CCCN(c2ncnc3nn(-c4ccc(C(F)(F)F)cc4)cc23)C1. The molecule has 1 N–H and O–H groups in total. The number of nitrogens with one attached hydrogen (secondary N) is 1. The van der Waals surface area contributed by atoms with Crippen LogP contribution >= 0.6 is 11.3 Å². The predicted octanol–water partition coefficient (Wildman–Crippen LogP) is 4.98. The number of carbonyl (C=O) groups is 1. The van der Waals surface area contributed by atoms with E-state index in [2.05, 4.69) is 25.4 Å². The third-order valence-corrected chi connectivity index (χ3v) is 7.53. The quantitative estimate of drug-likeness (QED) is 0.340. The average Bonchev–Trinajstić information content (AvgIpc) is 3.58. The van der Waals surface area contributed by atoms with Gasteiger partial charge in [-0.3, -0.25) is 9.78 Å². The number of hydrogen-bond acceptors (Lipinski definition) is 7. The Balaban J connectivity index is 1.17. The van der Waals surface area contributed by atoms with Crippen molar-refractivity contribution in [1.29, 1.82) is 0 Å². The van der Waals surface area contributed by atoms with Crippen LogP contribution in [0.1, 0.15) is 24.1 Å². The summed E-state index contributed by atoms with van der Waals surface area (Å²) in [5.74, 6) is 0.395. The molecule has 1 atom stereocenters. The van der Waals surface area contributed by atoms with E-state index in [0.29, 0.717) is 35.6 Å². The maximum atomic E-state index is 13.0. The van der Waals surface area contributed by atoms with Gasteiger partial charge in [-0.15, -0.1) is 16.4 Å². The molecule has 1 aliphatic rings. The van der Waals surface area contributed by atoms with Crippen LogP contribution in [0.25, 0.3) is 26.9 Å². The molecule has 0 saturated carbocycles. The van der Waals surface area contributed by atoms with Crippen molar-refractivity contribution in [1.82, 2.24) is 30.0 Å². The Kier molecular flexibility index (Phi) is 6.18. The molecular formula is C26H22F3N7OS. The summed E-state index contributed by atoms with van der Waals surface area (Å²) in [5, 5.41) is 10.1. The number of rotatable bonds is 5. The van der Waals surface area contributed by atoms with Crippen LogP contribution in [0.4, 0.5) is 19.0 Å². The number of hydrogen-bond donors (Lipinski definition) is 1. The lowest BCUT2D eigenvalue weighted by Gasteiger charge is -2.33. The highest BCUT2D eigenvalue weighted by molar-refractivity contribution is 7.17. The molecule has 6 rings (SSSR count). The number of carbonyl (C=O) groups excluding carboxylic acids is 1. The lowest BCUT2D eigenvalue weighted by atomic mass is 9.97. The summed E-state index contributed by atoms with van der Waals surface area (Å²) in [4.78, 5) is 28.4. The van der Waals surface area contributed by atoms with E-state index >= 15 is 0 Å². The van der Waals surface area contributed by atoms with E-state index in [4.69, 9.17) is 0 Å². The fraction of sp³-hybridized carbons (Fsp3) is 0.269. The second kappa shape index (κ2) is 9.67. The van der Waals surface area contributed by atoms with Crippen molar-refractivity contribution in [2.75, 3.05) is 18.0 Å². The third kappa shape index (κ3) is 4.78. The first-order valence-corrected chi connectivity index (χ1v) is 13.0. The molecule has 5 heterocycles. The number of alkyl halides is 3. The number of thiophene rings is 1. The smallest absolute Gasteiger partial charge is 0.355 e. The summed E-state index contributed by atoms with van der Waals surface area (Å²) in [7, 11) is 0. The molecule has 4 aromatic heterocycles. The molecule has 1 saturated heterocycles. The van der Waals surface area contributed by atoms with E-state index in [1.54, 1.807) is 17.5 Å². The van der Waals surface area contributed by atoms with Crippen LogP contribution < -0.4 is 10.2 Å². The second-order valence-corrected chi connectivity index (χ2v) is 10.1. The van der Waals surface area contributed by atoms with Crippen LogP contribution in [0.15, 0.2) is 60.4 Å². The fourth-order valence-corrected chi connectivity index (χ4v) is 5.44. The van der Waals surface area contributed by atoms with Gasteiger partial charge in [0.15, 0.2) is 5.65 Å². The summed E-state index contributed by atoms with van der Waals surface area (Å²) in [6, 6.07) is 10.7. The molecule has 1 amide bonds. The van der Waals surface area contributed by atoms with Crippen molar-refractivity contribution < 1.29 is 18.0 Å². The molecule has 194 valence electrons. The van der Waals surface area contributed by atoms with Gasteiger partial charge in [0.25, 0.3) is 0 Å². The molecule has 0 aliphatic carbocycles. The third-order valence-electron chi connectivity index (χ3n) is 6.65. The number of fused-ring (bicyclic) bond motifs is 2. The monoisotopic (exact) mass is 537 g/mol. The van der Waals surface area contributed by atoms with E-state index in [-0.39, 0.29) is 11.8 Å². The summed E-state index contributed by atoms with van der Waals surface area (Å²) in [6.45, 7) is 1.57. The number of anilines is 1. The first-order valence-electron chi connectivity index (χ1n) is 12.1. The standard InChI is InChI=1S/C26H22F3N7OS/c27-26(28,29)17-3-6-19(7-4-17)36-14-20-23(34-36)31-15-32-24(20)35-10-1-2-16(13-35)25(37)30-12-18-5-8-22-21(33-18)9-11-38-22/h3-9,11,14-16H,1-2,10,12-13H2,(H,30,37)/t16-/m1/s1. The highest BCUT2D eigenvalue weighted by Crippen LogP contribution is 2.31. The van der Waals surface area contributed by atoms with Crippen molar-refractivity contribution in [2.45, 2.75) is 25.6 Å². The molecule has 12 heteroatoms. The van der Waals surface area contributed by atoms with E-state index in [1.165, 1.54) is 23.1 Å². The van der Waals surface area contributed by atoms with E-state index in [0.717, 1.165) is 47.4 Å². The van der Waals surface area contributed by atoms with E-state index < -0.39 is 11.7 Å². The molecule has 0 unspecified atom stereocenters. The second-order valence-electron chi connectivity index (χ2n) is 9.16. The van der Waals surface area contributed by atoms with Gasteiger partial charge >= 0.3 is 6.18 Å². The molecule has 0 spiro atoms. The van der Waals surface area contributed by atoms with Crippen LogP contribution in [0.2, 0.25) is 0 Å². The minimum Gasteiger partial charge on any atom is -0.355 e. The van der Waals surface area contributed by atoms with E-state index in [9.17, 15) is 18.0 Å². The normalized spacial score (nSPS) is 16.3. The Morgan fingerprint density at radius 2 is 1.95 bits per heavy atom. The number of pyridine rings is 1. The summed E-state index contributed by atoms with van der Waals surface area (Å²) < 4.78 is 41.4. The molecule has 5 aromatic rings. The maximum absolute atomic E-state index is 13.0. The summed E-state index contributed by atoms with van der Waals surface area (Å²) in [6.07, 6.45) is 0.298. The number of benzene rings is 1. The number of nitrogens with zero attached hydrogens (tertiary/aromatic N) is 6. The van der Waals surface area contributed by atoms with Crippen molar-refractivity contribution in [3.8, 4) is 5.69 Å². The van der Waals surface area contributed by atoms with Gasteiger partial charge in [0.2, 0.25) is 5.91 Å². The van der Waals surface area contributed by atoms with Crippen molar-refractivity contribution in [3.63, 3.8) is 0 Å². The van der Waals surface area contributed by atoms with Crippen LogP contribution in [0, 0.1) is 5.92 Å². The largest absolute Gasteiger partial charge is 0.416 e. The number of amides is 1. The number of aromatic nitrogens is 5. The van der Waals surface area contributed by atoms with Crippen LogP contribution in [0.5, 0.6) is 0 Å². The Morgan fingerprint density at radius 3 is 2.76 bits per heavy atom. The Morgan fingerprint density at radius 1 is 1.11 bits per heavy atom. The average molecular weight is 538 g/mol. The summed E-state index contributed by atoms with van der Waals surface area (Å²) in [5.41, 5.74) is 1.92. The molecule has 8 nitrogen and oxygen atoms in total. The fourth-order valence-electron chi connectivity index (χ4n) is 4.71. The van der Waals surface area contributed by atoms with Crippen molar-refractivity contribution in [3.05, 3.63) is 71.6 Å². The van der Waals surface area contributed by atoms with Crippen LogP contribution in [-0.4, -0.2) is 43.7 Å². The highest BCUT2D eigenvalue weighted by atomic mass is 32.1. The Hall–Kier alpha value is -4.06. The van der Waals surface area contributed by atoms with Gasteiger partial charge in [0.1, 0.15) is 12.1 Å². The Labute approximate surface area is 219 Å². The van der Waals surface area contributed by atoms with Gasteiger partial charge in [-0.25, -0.2) is 14.6 Å². The predicted molar refractivity (Wildman–Crippen MR) is 138 cm³/mol. The number of piperidine rings is 1. The zero-order valence-corrected chi connectivity index (χ0v) is 20.8. The molecule has 38 heavy (non-hydrogen) atoms. The van der Waals surface area contributed by atoms with Crippen molar-refractivity contribution in [2.24, 2.45) is 5.92 Å². The van der Waals surface area contributed by atoms with Gasteiger partial charge in [-0.05, 0) is 60.7 Å². The highest BCUT2D eigenvalue weighted by Gasteiger charge is 2.30. The van der Waals surface area contributed by atoms with E-state index in [1.807, 2.05) is 28.5 Å². The van der Waals surface area contributed by atoms with Gasteiger partial charge in [-0.2, -0.15) is 13.2 Å². The van der Waals surface area contributed by atoms with Crippen LogP contribution in [0.3, 0.4) is 0 Å². The molecule has 0 bridgehead atoms.